The molecule has 0 saturated carbocycles. The molecule has 0 bridgehead atoms. The number of hydrogen-bond donors (Lipinski definition) is 0. The highest BCUT2D eigenvalue weighted by Crippen LogP contribution is 2.32. The highest BCUT2D eigenvalue weighted by atomic mass is 16.7. The van der Waals surface area contributed by atoms with E-state index in [1.807, 2.05) is 48.5 Å². The SMILES string of the molecule is CCCCCCOc1ccc(Oc2ccc(C(=O)O[C@H]3CO[C@@H]4[C@H]3OC[C@H]4OC(=O)c3ccc(Oc4ccc(OCCCCCC)cc4)cc3)cc2)cc1. The van der Waals surface area contributed by atoms with Crippen LogP contribution in [0, 0.1) is 0 Å². The molecule has 0 radical (unpaired) electrons. The Kier molecular flexibility index (Phi) is 14.2. The van der Waals surface area contributed by atoms with E-state index in [0.717, 1.165) is 24.3 Å². The molecule has 2 saturated heterocycles. The van der Waals surface area contributed by atoms with Crippen molar-refractivity contribution in [1.82, 2.24) is 0 Å². The second kappa shape index (κ2) is 19.9. The van der Waals surface area contributed by atoms with Crippen molar-refractivity contribution < 1.29 is 47.5 Å². The minimum Gasteiger partial charge on any atom is -0.494 e. The fourth-order valence-corrected chi connectivity index (χ4v) is 6.28. The van der Waals surface area contributed by atoms with E-state index >= 15 is 0 Å². The molecule has 2 aliphatic rings. The van der Waals surface area contributed by atoms with Gasteiger partial charge in [-0.15, -0.1) is 0 Å². The summed E-state index contributed by atoms with van der Waals surface area (Å²) in [6, 6.07) is 28.4. The van der Waals surface area contributed by atoms with Crippen LogP contribution in [0.25, 0.3) is 0 Å². The first-order valence-corrected chi connectivity index (χ1v) is 19.2. The smallest absolute Gasteiger partial charge is 0.338 e. The van der Waals surface area contributed by atoms with Crippen LogP contribution in [0.5, 0.6) is 34.5 Å². The normalized spacial score (nSPS) is 18.8. The van der Waals surface area contributed by atoms with Crippen molar-refractivity contribution in [2.75, 3.05) is 26.4 Å². The van der Waals surface area contributed by atoms with Crippen LogP contribution < -0.4 is 18.9 Å². The number of unbranched alkanes of at least 4 members (excludes halogenated alkanes) is 6. The molecule has 0 amide bonds. The third-order valence-electron chi connectivity index (χ3n) is 9.31. The van der Waals surface area contributed by atoms with Crippen molar-refractivity contribution in [2.45, 2.75) is 89.6 Å². The zero-order valence-corrected chi connectivity index (χ0v) is 31.1. The highest BCUT2D eigenvalue weighted by molar-refractivity contribution is 5.90. The van der Waals surface area contributed by atoms with Crippen LogP contribution in [0.1, 0.15) is 85.9 Å². The molecule has 2 aliphatic heterocycles. The minimum absolute atomic E-state index is 0.132. The van der Waals surface area contributed by atoms with Crippen molar-refractivity contribution in [3.8, 4) is 34.5 Å². The van der Waals surface area contributed by atoms with Crippen molar-refractivity contribution >= 4 is 11.9 Å². The molecule has 0 aromatic heterocycles. The van der Waals surface area contributed by atoms with Gasteiger partial charge in [0.25, 0.3) is 0 Å². The number of carbonyl (C=O) groups excluding carboxylic acids is 2. The predicted molar refractivity (Wildman–Crippen MR) is 203 cm³/mol. The van der Waals surface area contributed by atoms with Gasteiger partial charge in [-0.25, -0.2) is 9.59 Å². The number of ether oxygens (including phenoxy) is 8. The van der Waals surface area contributed by atoms with Gasteiger partial charge in [0, 0.05) is 0 Å². The standard InChI is InChI=1S/C44H50O10/c1-3-5-7-9-27-47-33-19-23-37(24-20-33)51-35-15-11-31(12-16-35)43(45)53-39-29-49-42-40(30-50-41(39)42)54-44(46)32-13-17-36(18-14-32)52-38-25-21-34(22-26-38)48-28-10-8-6-4-2/h11-26,39-42H,3-10,27-30H2,1-2H3/t39-,40+,41-,42-/m0/s1. The fourth-order valence-electron chi connectivity index (χ4n) is 6.28. The molecule has 4 aromatic rings. The van der Waals surface area contributed by atoms with E-state index in [9.17, 15) is 9.59 Å². The van der Waals surface area contributed by atoms with Gasteiger partial charge in [0.15, 0.2) is 12.2 Å². The number of rotatable bonds is 20. The van der Waals surface area contributed by atoms with E-state index in [4.69, 9.17) is 37.9 Å². The van der Waals surface area contributed by atoms with Gasteiger partial charge in [-0.1, -0.05) is 52.4 Å². The van der Waals surface area contributed by atoms with Gasteiger partial charge in [0.05, 0.1) is 37.6 Å². The zero-order chi connectivity index (χ0) is 37.5. The van der Waals surface area contributed by atoms with E-state index in [2.05, 4.69) is 13.8 Å². The Morgan fingerprint density at radius 2 is 0.815 bits per heavy atom. The number of esters is 2. The third-order valence-corrected chi connectivity index (χ3v) is 9.31. The lowest BCUT2D eigenvalue weighted by molar-refractivity contribution is -0.0287. The molecule has 4 aromatic carbocycles. The Bertz CT molecular complexity index is 1610. The van der Waals surface area contributed by atoms with Crippen LogP contribution in [-0.2, 0) is 18.9 Å². The van der Waals surface area contributed by atoms with Gasteiger partial charge in [-0.05, 0) is 110 Å². The van der Waals surface area contributed by atoms with Crippen LogP contribution in [0.4, 0.5) is 0 Å². The molecular weight excluding hydrogens is 688 g/mol. The van der Waals surface area contributed by atoms with Crippen molar-refractivity contribution in [3.05, 3.63) is 108 Å². The van der Waals surface area contributed by atoms with Gasteiger partial charge in [0.2, 0.25) is 0 Å². The summed E-state index contributed by atoms with van der Waals surface area (Å²) in [5, 5.41) is 0. The number of fused-ring (bicyclic) bond motifs is 1. The third kappa shape index (κ3) is 11.0. The summed E-state index contributed by atoms with van der Waals surface area (Å²) in [5.74, 6) is 3.08. The first-order valence-electron chi connectivity index (χ1n) is 19.2. The van der Waals surface area contributed by atoms with Crippen LogP contribution in [-0.4, -0.2) is 62.8 Å². The summed E-state index contributed by atoms with van der Waals surface area (Å²) in [7, 11) is 0. The van der Waals surface area contributed by atoms with Crippen molar-refractivity contribution in [3.63, 3.8) is 0 Å². The number of carbonyl (C=O) groups is 2. The molecule has 0 spiro atoms. The largest absolute Gasteiger partial charge is 0.494 e. The first-order chi connectivity index (χ1) is 26.5. The van der Waals surface area contributed by atoms with E-state index < -0.39 is 36.4 Å². The minimum atomic E-state index is -0.641. The summed E-state index contributed by atoms with van der Waals surface area (Å²) >= 11 is 0. The molecule has 4 atom stereocenters. The molecule has 6 rings (SSSR count). The fraction of sp³-hybridized carbons (Fsp3) is 0.409. The molecule has 10 heteroatoms. The highest BCUT2D eigenvalue weighted by Gasteiger charge is 2.51. The summed E-state index contributed by atoms with van der Waals surface area (Å²) in [6.07, 6.45) is 6.88. The average molecular weight is 739 g/mol. The molecular formula is C44H50O10. The second-order valence-corrected chi connectivity index (χ2v) is 13.5. The van der Waals surface area contributed by atoms with Gasteiger partial charge in [-0.2, -0.15) is 0 Å². The lowest BCUT2D eigenvalue weighted by Gasteiger charge is -2.17. The quantitative estimate of drug-likeness (QED) is 0.0642. The Morgan fingerprint density at radius 3 is 1.17 bits per heavy atom. The zero-order valence-electron chi connectivity index (χ0n) is 31.1. The number of benzene rings is 4. The molecule has 54 heavy (non-hydrogen) atoms. The Balaban J connectivity index is 0.919. The van der Waals surface area contributed by atoms with Crippen molar-refractivity contribution in [2.24, 2.45) is 0 Å². The predicted octanol–water partition coefficient (Wildman–Crippen LogP) is 9.74. The van der Waals surface area contributed by atoms with Gasteiger partial charge < -0.3 is 37.9 Å². The molecule has 2 heterocycles. The van der Waals surface area contributed by atoms with Gasteiger partial charge in [0.1, 0.15) is 46.7 Å². The number of hydrogen-bond acceptors (Lipinski definition) is 10. The lowest BCUT2D eigenvalue weighted by Crippen LogP contribution is -2.36. The Labute approximate surface area is 317 Å². The maximum atomic E-state index is 13.0. The molecule has 2 fully saturated rings. The van der Waals surface area contributed by atoms with Crippen molar-refractivity contribution in [1.29, 1.82) is 0 Å². The maximum absolute atomic E-state index is 13.0. The molecule has 0 N–H and O–H groups in total. The molecule has 0 aliphatic carbocycles. The summed E-state index contributed by atoms with van der Waals surface area (Å²) in [4.78, 5) is 26.0. The van der Waals surface area contributed by atoms with E-state index in [0.29, 0.717) is 47.3 Å². The van der Waals surface area contributed by atoms with Crippen LogP contribution >= 0.6 is 0 Å². The Hall–Kier alpha value is -5.06. The maximum Gasteiger partial charge on any atom is 0.338 e. The molecule has 0 unspecified atom stereocenters. The average Bonchev–Trinajstić information content (AvgIpc) is 3.79. The second-order valence-electron chi connectivity index (χ2n) is 13.5. The van der Waals surface area contributed by atoms with Crippen LogP contribution in [0.2, 0.25) is 0 Å². The van der Waals surface area contributed by atoms with E-state index in [1.54, 1.807) is 48.5 Å². The monoisotopic (exact) mass is 738 g/mol. The summed E-state index contributed by atoms with van der Waals surface area (Å²) in [5.41, 5.74) is 0.732. The van der Waals surface area contributed by atoms with E-state index in [-0.39, 0.29) is 13.2 Å². The topological polar surface area (TPSA) is 108 Å². The van der Waals surface area contributed by atoms with Crippen LogP contribution in [0.3, 0.4) is 0 Å². The van der Waals surface area contributed by atoms with Gasteiger partial charge in [-0.3, -0.25) is 0 Å². The van der Waals surface area contributed by atoms with Crippen LogP contribution in [0.15, 0.2) is 97.1 Å². The molecule has 286 valence electrons. The summed E-state index contributed by atoms with van der Waals surface area (Å²) < 4.78 is 46.8. The lowest BCUT2D eigenvalue weighted by atomic mass is 10.1. The Morgan fingerprint density at radius 1 is 0.481 bits per heavy atom. The summed E-state index contributed by atoms with van der Waals surface area (Å²) in [6.45, 7) is 6.04. The first kappa shape index (κ1) is 38.7. The van der Waals surface area contributed by atoms with Gasteiger partial charge >= 0.3 is 11.9 Å². The molecule has 10 nitrogen and oxygen atoms in total. The van der Waals surface area contributed by atoms with E-state index in [1.165, 1.54) is 38.5 Å².